The number of aryl methyl sites for hydroxylation is 1. The molecule has 4 nitrogen and oxygen atoms in total. The number of unbranched alkanes of at least 4 members (excludes halogenated alkanes) is 1. The summed E-state index contributed by atoms with van der Waals surface area (Å²) in [6, 6.07) is 8.40. The second-order valence-corrected chi connectivity index (χ2v) is 16.8. The first kappa shape index (κ1) is 30.2. The predicted molar refractivity (Wildman–Crippen MR) is 152 cm³/mol. The maximum Gasteiger partial charge on any atom is 0.306 e. The third kappa shape index (κ3) is 9.47. The number of Topliss-reactive ketones (excluding diaryl/α,β-unsaturated/α-hetero) is 1. The van der Waals surface area contributed by atoms with Crippen LogP contribution in [-0.2, 0) is 18.8 Å². The zero-order valence-corrected chi connectivity index (χ0v) is 24.8. The molecule has 0 aliphatic heterocycles. The Hall–Kier alpha value is -1.98. The molecule has 1 aromatic rings. The van der Waals surface area contributed by atoms with Crippen LogP contribution in [0.4, 0.5) is 0 Å². The molecular weight excluding hydrogens is 464 g/mol. The average Bonchev–Trinajstić information content (AvgIpc) is 2.75. The van der Waals surface area contributed by atoms with Crippen LogP contribution >= 0.6 is 0 Å². The van der Waals surface area contributed by atoms with Gasteiger partial charge in [-0.15, -0.1) is 0 Å². The molecule has 200 valence electrons. The number of esters is 1. The van der Waals surface area contributed by atoms with Gasteiger partial charge in [-0.1, -0.05) is 69.3 Å². The van der Waals surface area contributed by atoms with E-state index in [-0.39, 0.29) is 35.1 Å². The van der Waals surface area contributed by atoms with Gasteiger partial charge in [-0.3, -0.25) is 9.59 Å². The largest absolute Gasteiger partial charge is 0.463 e. The monoisotopic (exact) mass is 512 g/mol. The van der Waals surface area contributed by atoms with Crippen LogP contribution in [0.3, 0.4) is 0 Å². The molecule has 0 spiro atoms. The summed E-state index contributed by atoms with van der Waals surface area (Å²) >= 11 is 0. The topological polar surface area (TPSA) is 52.6 Å². The molecule has 3 atom stereocenters. The third-order valence-electron chi connectivity index (χ3n) is 7.56. The predicted octanol–water partition coefficient (Wildman–Crippen LogP) is 8.06. The number of ketones is 1. The highest BCUT2D eigenvalue weighted by Gasteiger charge is 2.44. The van der Waals surface area contributed by atoms with Crippen LogP contribution in [0.1, 0.15) is 84.3 Å². The average molecular weight is 513 g/mol. The molecule has 0 saturated heterocycles. The Labute approximate surface area is 220 Å². The van der Waals surface area contributed by atoms with Crippen molar-refractivity contribution >= 4 is 26.1 Å². The van der Waals surface area contributed by atoms with Gasteiger partial charge in [0.2, 0.25) is 0 Å². The first-order chi connectivity index (χ1) is 16.8. The smallest absolute Gasteiger partial charge is 0.306 e. The van der Waals surface area contributed by atoms with Gasteiger partial charge in [0.15, 0.2) is 8.32 Å². The van der Waals surface area contributed by atoms with E-state index in [0.717, 1.165) is 19.3 Å². The molecule has 1 saturated carbocycles. The first-order valence-corrected chi connectivity index (χ1v) is 16.5. The Morgan fingerprint density at radius 1 is 1.14 bits per heavy atom. The van der Waals surface area contributed by atoms with Crippen molar-refractivity contribution in [2.24, 2.45) is 11.8 Å². The number of hydrogen-bond acceptors (Lipinski definition) is 4. The van der Waals surface area contributed by atoms with E-state index < -0.39 is 8.32 Å². The standard InChI is InChI=1S/C31H48O4Si/c1-23(2)34-30(33)18-12-10-9-11-17-26-21-27(32)22-29(35-36(7,8)31(4,5)6)28(26)20-19-25-16-14-13-15-24(25)3/h9,11,13-16,19-20,23,26,28-29H,10,12,17-18,21-22H2,1-8H3/b11-9-,20-19+/t26-,28+,29+/m0/s1. The number of rotatable bonds is 11. The van der Waals surface area contributed by atoms with E-state index in [4.69, 9.17) is 9.16 Å². The van der Waals surface area contributed by atoms with E-state index in [9.17, 15) is 9.59 Å². The van der Waals surface area contributed by atoms with Gasteiger partial charge in [0.25, 0.3) is 0 Å². The van der Waals surface area contributed by atoms with Gasteiger partial charge in [-0.05, 0) is 75.2 Å². The van der Waals surface area contributed by atoms with Crippen LogP contribution in [0.25, 0.3) is 6.08 Å². The summed E-state index contributed by atoms with van der Waals surface area (Å²) in [5.41, 5.74) is 2.46. The zero-order chi connectivity index (χ0) is 26.9. The van der Waals surface area contributed by atoms with E-state index >= 15 is 0 Å². The normalized spacial score (nSPS) is 21.6. The van der Waals surface area contributed by atoms with E-state index in [1.54, 1.807) is 0 Å². The lowest BCUT2D eigenvalue weighted by molar-refractivity contribution is -0.147. The highest BCUT2D eigenvalue weighted by molar-refractivity contribution is 6.74. The highest BCUT2D eigenvalue weighted by atomic mass is 28.4. The minimum absolute atomic E-state index is 0.0666. The van der Waals surface area contributed by atoms with Gasteiger partial charge in [-0.25, -0.2) is 0 Å². The van der Waals surface area contributed by atoms with Gasteiger partial charge >= 0.3 is 5.97 Å². The summed E-state index contributed by atoms with van der Waals surface area (Å²) in [5.74, 6) is 0.558. The number of benzene rings is 1. The van der Waals surface area contributed by atoms with E-state index in [0.29, 0.717) is 25.0 Å². The first-order valence-electron chi connectivity index (χ1n) is 13.6. The van der Waals surface area contributed by atoms with E-state index in [2.05, 4.69) is 89.4 Å². The molecule has 36 heavy (non-hydrogen) atoms. The maximum absolute atomic E-state index is 12.8. The van der Waals surface area contributed by atoms with Crippen molar-refractivity contribution in [2.75, 3.05) is 0 Å². The molecule has 2 rings (SSSR count). The Morgan fingerprint density at radius 2 is 1.83 bits per heavy atom. The van der Waals surface area contributed by atoms with Gasteiger partial charge in [0.1, 0.15) is 5.78 Å². The van der Waals surface area contributed by atoms with Crippen molar-refractivity contribution in [3.05, 3.63) is 53.6 Å². The molecule has 1 aromatic carbocycles. The Bertz CT molecular complexity index is 923. The molecular formula is C31H48O4Si. The highest BCUT2D eigenvalue weighted by Crippen LogP contribution is 2.42. The summed E-state index contributed by atoms with van der Waals surface area (Å²) in [5, 5.41) is 0.0872. The van der Waals surface area contributed by atoms with Crippen molar-refractivity contribution in [1.82, 2.24) is 0 Å². The van der Waals surface area contributed by atoms with Crippen LogP contribution < -0.4 is 0 Å². The Balaban J connectivity index is 2.15. The SMILES string of the molecule is Cc1ccccc1/C=C/[C@@H]1[C@@H](C/C=C\CCCC(=O)OC(C)C)CC(=O)C[C@H]1O[Si](C)(C)C(C)(C)C. The number of carbonyl (C=O) groups excluding carboxylic acids is 2. The Morgan fingerprint density at radius 3 is 2.47 bits per heavy atom. The molecule has 5 heteroatoms. The van der Waals surface area contributed by atoms with Crippen molar-refractivity contribution in [3.63, 3.8) is 0 Å². The van der Waals surface area contributed by atoms with Crippen LogP contribution in [0.5, 0.6) is 0 Å². The lowest BCUT2D eigenvalue weighted by atomic mass is 9.74. The molecule has 0 heterocycles. The number of carbonyl (C=O) groups is 2. The van der Waals surface area contributed by atoms with Crippen LogP contribution in [0.2, 0.25) is 18.1 Å². The van der Waals surface area contributed by atoms with Crippen molar-refractivity contribution in [2.45, 2.75) is 110 Å². The van der Waals surface area contributed by atoms with E-state index in [1.165, 1.54) is 11.1 Å². The van der Waals surface area contributed by atoms with Crippen LogP contribution in [0, 0.1) is 18.8 Å². The molecule has 1 fully saturated rings. The number of hydrogen-bond donors (Lipinski definition) is 0. The fraction of sp³-hybridized carbons (Fsp3) is 0.613. The van der Waals surface area contributed by atoms with Crippen molar-refractivity contribution in [1.29, 1.82) is 0 Å². The molecule has 0 unspecified atom stereocenters. The van der Waals surface area contributed by atoms with Crippen LogP contribution in [-0.4, -0.2) is 32.3 Å². The lowest BCUT2D eigenvalue weighted by Crippen LogP contribution is -2.49. The van der Waals surface area contributed by atoms with Gasteiger partial charge in [0, 0.05) is 25.2 Å². The molecule has 0 amide bonds. The number of ether oxygens (including phenoxy) is 1. The fourth-order valence-electron chi connectivity index (χ4n) is 4.44. The van der Waals surface area contributed by atoms with Crippen molar-refractivity contribution < 1.29 is 18.8 Å². The second kappa shape index (κ2) is 13.5. The lowest BCUT2D eigenvalue weighted by Gasteiger charge is -2.44. The summed E-state index contributed by atoms with van der Waals surface area (Å²) < 4.78 is 12.1. The quantitative estimate of drug-likeness (QED) is 0.130. The summed E-state index contributed by atoms with van der Waals surface area (Å²) in [6.45, 7) is 17.2. The van der Waals surface area contributed by atoms with Gasteiger partial charge in [0.05, 0.1) is 12.2 Å². The summed E-state index contributed by atoms with van der Waals surface area (Å²) in [7, 11) is -2.03. The van der Waals surface area contributed by atoms with Gasteiger partial charge < -0.3 is 9.16 Å². The summed E-state index contributed by atoms with van der Waals surface area (Å²) in [4.78, 5) is 24.6. The van der Waals surface area contributed by atoms with Gasteiger partial charge in [-0.2, -0.15) is 0 Å². The molecule has 0 N–H and O–H groups in total. The fourth-order valence-corrected chi connectivity index (χ4v) is 5.79. The zero-order valence-electron chi connectivity index (χ0n) is 23.8. The number of allylic oxidation sites excluding steroid dienone is 2. The van der Waals surface area contributed by atoms with Crippen LogP contribution in [0.15, 0.2) is 42.5 Å². The minimum atomic E-state index is -2.03. The Kier molecular flexibility index (Phi) is 11.4. The van der Waals surface area contributed by atoms with E-state index in [1.807, 2.05) is 13.8 Å². The molecule has 0 bridgehead atoms. The summed E-state index contributed by atoms with van der Waals surface area (Å²) in [6.07, 6.45) is 12.7. The molecule has 0 aromatic heterocycles. The molecule has 1 aliphatic rings. The molecule has 0 radical (unpaired) electrons. The molecule has 1 aliphatic carbocycles. The maximum atomic E-state index is 12.8. The minimum Gasteiger partial charge on any atom is -0.463 e. The second-order valence-electron chi connectivity index (χ2n) is 12.1. The van der Waals surface area contributed by atoms with Crippen molar-refractivity contribution in [3.8, 4) is 0 Å². The third-order valence-corrected chi connectivity index (χ3v) is 12.1.